The van der Waals surface area contributed by atoms with E-state index < -0.39 is 11.7 Å². The normalized spacial score (nSPS) is 10.2. The Hall–Kier alpha value is -1.59. The Morgan fingerprint density at radius 3 is 2.71 bits per heavy atom. The molecular weight excluding hydrogens is 263 g/mol. The van der Waals surface area contributed by atoms with Crippen molar-refractivity contribution in [1.29, 1.82) is 0 Å². The number of carbonyl (C=O) groups is 1. The van der Waals surface area contributed by atoms with Crippen LogP contribution < -0.4 is 11.1 Å². The van der Waals surface area contributed by atoms with Gasteiger partial charge in [0, 0.05) is 5.69 Å². The number of anilines is 2. The minimum absolute atomic E-state index is 0.0914. The first kappa shape index (κ1) is 11.9. The molecule has 0 atom stereocenters. The van der Waals surface area contributed by atoms with Crippen molar-refractivity contribution in [3.05, 3.63) is 45.4 Å². The van der Waals surface area contributed by atoms with Crippen LogP contribution in [0.3, 0.4) is 0 Å². The lowest BCUT2D eigenvalue weighted by Crippen LogP contribution is -2.11. The number of nitrogens with one attached hydrogen (secondary N) is 1. The molecule has 1 amide bonds. The number of nitrogen functional groups attached to an aromatic ring is 1. The fraction of sp³-hybridized carbons (Fsp3) is 0. The van der Waals surface area contributed by atoms with Crippen molar-refractivity contribution in [3.63, 3.8) is 0 Å². The van der Waals surface area contributed by atoms with Crippen molar-refractivity contribution in [1.82, 2.24) is 0 Å². The third kappa shape index (κ3) is 2.75. The molecule has 17 heavy (non-hydrogen) atoms. The van der Waals surface area contributed by atoms with E-state index in [0.717, 1.165) is 17.4 Å². The van der Waals surface area contributed by atoms with Gasteiger partial charge in [-0.1, -0.05) is 11.6 Å². The van der Waals surface area contributed by atoms with E-state index in [2.05, 4.69) is 5.32 Å². The number of halogens is 2. The molecule has 1 aromatic heterocycles. The molecule has 3 nitrogen and oxygen atoms in total. The molecule has 0 spiro atoms. The average Bonchev–Trinajstić information content (AvgIpc) is 2.69. The maximum atomic E-state index is 13.4. The van der Waals surface area contributed by atoms with E-state index in [1.54, 1.807) is 12.1 Å². The van der Waals surface area contributed by atoms with Crippen molar-refractivity contribution in [2.75, 3.05) is 11.1 Å². The molecule has 0 saturated carbocycles. The van der Waals surface area contributed by atoms with Crippen molar-refractivity contribution in [2.24, 2.45) is 0 Å². The predicted molar refractivity (Wildman–Crippen MR) is 68.1 cm³/mol. The Morgan fingerprint density at radius 2 is 2.12 bits per heavy atom. The highest BCUT2D eigenvalue weighted by atomic mass is 35.5. The number of nitrogens with two attached hydrogens (primary N) is 1. The summed E-state index contributed by atoms with van der Waals surface area (Å²) in [6.07, 6.45) is 0. The first-order valence-corrected chi connectivity index (χ1v) is 5.87. The topological polar surface area (TPSA) is 55.1 Å². The van der Waals surface area contributed by atoms with Crippen LogP contribution in [0.25, 0.3) is 0 Å². The molecule has 0 saturated heterocycles. The van der Waals surface area contributed by atoms with E-state index in [4.69, 9.17) is 17.3 Å². The first-order chi connectivity index (χ1) is 8.06. The molecule has 1 heterocycles. The number of thiophene rings is 1. The van der Waals surface area contributed by atoms with Gasteiger partial charge in [-0.3, -0.25) is 4.79 Å². The van der Waals surface area contributed by atoms with Crippen LogP contribution in [0.5, 0.6) is 0 Å². The van der Waals surface area contributed by atoms with E-state index in [1.807, 2.05) is 0 Å². The smallest absolute Gasteiger partial charge is 0.265 e. The Kier molecular flexibility index (Phi) is 3.31. The van der Waals surface area contributed by atoms with Crippen LogP contribution in [0.15, 0.2) is 30.3 Å². The lowest BCUT2D eigenvalue weighted by Gasteiger charge is -2.05. The predicted octanol–water partition coefficient (Wildman–Crippen LogP) is 3.38. The lowest BCUT2D eigenvalue weighted by molar-refractivity contribution is 0.103. The zero-order valence-electron chi connectivity index (χ0n) is 8.54. The quantitative estimate of drug-likeness (QED) is 0.822. The van der Waals surface area contributed by atoms with Gasteiger partial charge in [-0.2, -0.15) is 0 Å². The minimum atomic E-state index is -0.569. The van der Waals surface area contributed by atoms with Gasteiger partial charge in [-0.05, 0) is 30.3 Å². The van der Waals surface area contributed by atoms with Crippen molar-refractivity contribution in [2.45, 2.75) is 0 Å². The van der Waals surface area contributed by atoms with Gasteiger partial charge < -0.3 is 11.1 Å². The number of hydrogen-bond donors (Lipinski definition) is 2. The van der Waals surface area contributed by atoms with Crippen LogP contribution in [0.2, 0.25) is 4.34 Å². The molecule has 3 N–H and O–H groups in total. The number of carbonyl (C=O) groups excluding carboxylic acids is 1. The van der Waals surface area contributed by atoms with Gasteiger partial charge in [0.2, 0.25) is 0 Å². The van der Waals surface area contributed by atoms with E-state index in [9.17, 15) is 9.18 Å². The van der Waals surface area contributed by atoms with Crippen LogP contribution in [0.1, 0.15) is 9.67 Å². The van der Waals surface area contributed by atoms with Crippen LogP contribution in [0, 0.1) is 5.82 Å². The summed E-state index contributed by atoms with van der Waals surface area (Å²) in [5.74, 6) is -0.966. The highest BCUT2D eigenvalue weighted by molar-refractivity contribution is 7.18. The number of rotatable bonds is 2. The molecule has 2 rings (SSSR count). The number of amides is 1. The Balaban J connectivity index is 2.18. The van der Waals surface area contributed by atoms with Gasteiger partial charge in [-0.15, -0.1) is 11.3 Å². The Bertz CT molecular complexity index is 570. The third-order valence-electron chi connectivity index (χ3n) is 2.04. The second-order valence-corrected chi connectivity index (χ2v) is 5.01. The van der Waals surface area contributed by atoms with E-state index in [1.165, 1.54) is 12.1 Å². The van der Waals surface area contributed by atoms with Crippen LogP contribution in [-0.2, 0) is 0 Å². The Morgan fingerprint density at radius 1 is 1.35 bits per heavy atom. The number of benzene rings is 1. The van der Waals surface area contributed by atoms with Gasteiger partial charge in [0.15, 0.2) is 0 Å². The zero-order chi connectivity index (χ0) is 12.4. The summed E-state index contributed by atoms with van der Waals surface area (Å²) >= 11 is 6.84. The van der Waals surface area contributed by atoms with E-state index in [0.29, 0.717) is 14.9 Å². The maximum Gasteiger partial charge on any atom is 0.265 e. The monoisotopic (exact) mass is 270 g/mol. The molecule has 0 unspecified atom stereocenters. The van der Waals surface area contributed by atoms with Crippen molar-refractivity contribution in [3.8, 4) is 0 Å². The molecule has 0 aliphatic carbocycles. The van der Waals surface area contributed by atoms with Gasteiger partial charge in [0.25, 0.3) is 5.91 Å². The summed E-state index contributed by atoms with van der Waals surface area (Å²) in [5, 5.41) is 2.45. The molecule has 88 valence electrons. The van der Waals surface area contributed by atoms with Gasteiger partial charge in [0.1, 0.15) is 5.82 Å². The van der Waals surface area contributed by atoms with Crippen LogP contribution >= 0.6 is 22.9 Å². The second-order valence-electron chi connectivity index (χ2n) is 3.30. The highest BCUT2D eigenvalue weighted by Gasteiger charge is 2.11. The fourth-order valence-corrected chi connectivity index (χ4v) is 2.19. The summed E-state index contributed by atoms with van der Waals surface area (Å²) < 4.78 is 13.9. The lowest BCUT2D eigenvalue weighted by atomic mass is 10.2. The molecule has 0 bridgehead atoms. The summed E-state index contributed by atoms with van der Waals surface area (Å²) in [6.45, 7) is 0. The van der Waals surface area contributed by atoms with Crippen LogP contribution in [-0.4, -0.2) is 5.91 Å². The third-order valence-corrected chi connectivity index (χ3v) is 3.27. The van der Waals surface area contributed by atoms with Gasteiger partial charge in [-0.25, -0.2) is 4.39 Å². The molecule has 1 aromatic carbocycles. The molecule has 0 aliphatic rings. The molecule has 0 aliphatic heterocycles. The number of hydrogen-bond acceptors (Lipinski definition) is 3. The standard InChI is InChI=1S/C11H8ClFN2OS/c12-10-4-3-9(17-10)11(16)15-8-2-1-6(14)5-7(8)13/h1-5H,14H2,(H,15,16). The van der Waals surface area contributed by atoms with Crippen molar-refractivity contribution < 1.29 is 9.18 Å². The average molecular weight is 271 g/mol. The largest absolute Gasteiger partial charge is 0.399 e. The molecule has 6 heteroatoms. The molecule has 0 fully saturated rings. The second kappa shape index (κ2) is 4.73. The van der Waals surface area contributed by atoms with Gasteiger partial charge in [0.05, 0.1) is 14.9 Å². The maximum absolute atomic E-state index is 13.4. The molecular formula is C11H8ClFN2OS. The summed E-state index contributed by atoms with van der Waals surface area (Å²) in [7, 11) is 0. The summed E-state index contributed by atoms with van der Waals surface area (Å²) in [4.78, 5) is 12.1. The zero-order valence-corrected chi connectivity index (χ0v) is 10.1. The van der Waals surface area contributed by atoms with E-state index >= 15 is 0 Å². The van der Waals surface area contributed by atoms with Crippen LogP contribution in [0.4, 0.5) is 15.8 Å². The summed E-state index contributed by atoms with van der Waals surface area (Å²) in [6, 6.07) is 7.27. The molecule has 2 aromatic rings. The highest BCUT2D eigenvalue weighted by Crippen LogP contribution is 2.23. The molecule has 0 radical (unpaired) electrons. The first-order valence-electron chi connectivity index (χ1n) is 4.68. The van der Waals surface area contributed by atoms with Gasteiger partial charge >= 0.3 is 0 Å². The minimum Gasteiger partial charge on any atom is -0.399 e. The van der Waals surface area contributed by atoms with Crippen molar-refractivity contribution >= 4 is 40.2 Å². The van der Waals surface area contributed by atoms with E-state index in [-0.39, 0.29) is 5.69 Å². The Labute approximate surface area is 106 Å². The fourth-order valence-electron chi connectivity index (χ4n) is 1.25. The SMILES string of the molecule is Nc1ccc(NC(=O)c2ccc(Cl)s2)c(F)c1. The summed E-state index contributed by atoms with van der Waals surface area (Å²) in [5.41, 5.74) is 5.80.